The Morgan fingerprint density at radius 1 is 1.00 bits per heavy atom. The summed E-state index contributed by atoms with van der Waals surface area (Å²) in [5.41, 5.74) is 1.96. The lowest BCUT2D eigenvalue weighted by atomic mass is 9.98. The molecule has 5 heteroatoms. The molecule has 0 saturated heterocycles. The molecule has 0 aliphatic rings. The van der Waals surface area contributed by atoms with Gasteiger partial charge in [0.25, 0.3) is 0 Å². The van der Waals surface area contributed by atoms with Gasteiger partial charge in [0, 0.05) is 11.1 Å². The number of aromatic nitrogens is 1. The highest BCUT2D eigenvalue weighted by Crippen LogP contribution is 2.34. The third kappa shape index (κ3) is 2.82. The van der Waals surface area contributed by atoms with Crippen molar-refractivity contribution in [1.82, 2.24) is 4.98 Å². The van der Waals surface area contributed by atoms with E-state index in [1.165, 1.54) is 25.3 Å². The van der Waals surface area contributed by atoms with Gasteiger partial charge in [-0.15, -0.1) is 0 Å². The summed E-state index contributed by atoms with van der Waals surface area (Å²) in [7, 11) is 1.39. The second-order valence-corrected chi connectivity index (χ2v) is 5.04. The van der Waals surface area contributed by atoms with Crippen molar-refractivity contribution < 1.29 is 13.5 Å². The monoisotopic (exact) mass is 322 g/mol. The molecule has 3 nitrogen and oxygen atoms in total. The van der Waals surface area contributed by atoms with E-state index in [4.69, 9.17) is 4.74 Å². The summed E-state index contributed by atoms with van der Waals surface area (Å²) in [4.78, 5) is 4.24. The van der Waals surface area contributed by atoms with Gasteiger partial charge in [0.15, 0.2) is 0 Å². The SMILES string of the molecule is COc1nc(-c2ccccc2F)cc(-c2ccc(F)cc2)c1C#N. The van der Waals surface area contributed by atoms with E-state index in [0.717, 1.165) is 0 Å². The van der Waals surface area contributed by atoms with Gasteiger partial charge in [0.2, 0.25) is 5.88 Å². The van der Waals surface area contributed by atoms with E-state index >= 15 is 0 Å². The second-order valence-electron chi connectivity index (χ2n) is 5.04. The minimum atomic E-state index is -0.429. The van der Waals surface area contributed by atoms with Crippen molar-refractivity contribution in [2.75, 3.05) is 7.11 Å². The molecule has 0 unspecified atom stereocenters. The van der Waals surface area contributed by atoms with E-state index < -0.39 is 5.82 Å². The first-order chi connectivity index (χ1) is 11.6. The second kappa shape index (κ2) is 6.47. The zero-order valence-corrected chi connectivity index (χ0v) is 12.8. The predicted molar refractivity (Wildman–Crippen MR) is 86.3 cm³/mol. The summed E-state index contributed by atoms with van der Waals surface area (Å²) in [6, 6.07) is 15.6. The third-order valence-corrected chi connectivity index (χ3v) is 3.60. The molecule has 0 saturated carbocycles. The Morgan fingerprint density at radius 3 is 2.33 bits per heavy atom. The Balaban J connectivity index is 2.28. The zero-order chi connectivity index (χ0) is 17.1. The van der Waals surface area contributed by atoms with Crippen molar-refractivity contribution in [3.63, 3.8) is 0 Å². The number of rotatable bonds is 3. The summed E-state index contributed by atoms with van der Waals surface area (Å²) in [5, 5.41) is 9.44. The van der Waals surface area contributed by atoms with Gasteiger partial charge in [-0.1, -0.05) is 24.3 Å². The molecule has 118 valence electrons. The van der Waals surface area contributed by atoms with E-state index in [9.17, 15) is 14.0 Å². The van der Waals surface area contributed by atoms with Crippen LogP contribution in [0.1, 0.15) is 5.56 Å². The van der Waals surface area contributed by atoms with Gasteiger partial charge in [-0.3, -0.25) is 0 Å². The average Bonchev–Trinajstić information content (AvgIpc) is 2.61. The Bertz CT molecular complexity index is 931. The van der Waals surface area contributed by atoms with Crippen molar-refractivity contribution in [1.29, 1.82) is 5.26 Å². The fraction of sp³-hybridized carbons (Fsp3) is 0.0526. The van der Waals surface area contributed by atoms with Crippen molar-refractivity contribution >= 4 is 0 Å². The van der Waals surface area contributed by atoms with Gasteiger partial charge in [0.1, 0.15) is 23.3 Å². The molecular weight excluding hydrogens is 310 g/mol. The molecule has 0 bridgehead atoms. The van der Waals surface area contributed by atoms with Gasteiger partial charge in [0.05, 0.1) is 12.8 Å². The molecule has 24 heavy (non-hydrogen) atoms. The van der Waals surface area contributed by atoms with Crippen LogP contribution in [0.15, 0.2) is 54.6 Å². The fourth-order valence-electron chi connectivity index (χ4n) is 2.44. The maximum Gasteiger partial charge on any atom is 0.232 e. The summed E-state index contributed by atoms with van der Waals surface area (Å²) in [5.74, 6) is -0.716. The molecule has 0 radical (unpaired) electrons. The Kier molecular flexibility index (Phi) is 4.21. The van der Waals surface area contributed by atoms with E-state index in [1.54, 1.807) is 36.4 Å². The highest BCUT2D eigenvalue weighted by atomic mass is 19.1. The molecule has 0 aliphatic heterocycles. The van der Waals surface area contributed by atoms with Crippen LogP contribution in [0, 0.1) is 23.0 Å². The van der Waals surface area contributed by atoms with Crippen molar-refractivity contribution in [3.8, 4) is 34.3 Å². The van der Waals surface area contributed by atoms with Gasteiger partial charge in [-0.05, 0) is 35.9 Å². The highest BCUT2D eigenvalue weighted by Gasteiger charge is 2.17. The zero-order valence-electron chi connectivity index (χ0n) is 12.8. The number of hydrogen-bond acceptors (Lipinski definition) is 3. The lowest BCUT2D eigenvalue weighted by molar-refractivity contribution is 0.397. The summed E-state index contributed by atoms with van der Waals surface area (Å²) in [6.45, 7) is 0. The number of ether oxygens (including phenoxy) is 1. The number of pyridine rings is 1. The molecule has 0 aliphatic carbocycles. The number of halogens is 2. The maximum atomic E-state index is 14.1. The standard InChI is InChI=1S/C19H12F2N2O/c1-24-19-16(11-22)15(12-6-8-13(20)9-7-12)10-18(23-19)14-4-2-3-5-17(14)21/h2-10H,1H3. The molecular formula is C19H12F2N2O. The van der Waals surface area contributed by atoms with Crippen LogP contribution in [-0.4, -0.2) is 12.1 Å². The van der Waals surface area contributed by atoms with Crippen LogP contribution in [-0.2, 0) is 0 Å². The third-order valence-electron chi connectivity index (χ3n) is 3.60. The van der Waals surface area contributed by atoms with Crippen LogP contribution >= 0.6 is 0 Å². The van der Waals surface area contributed by atoms with Crippen LogP contribution in [0.5, 0.6) is 5.88 Å². The molecule has 0 N–H and O–H groups in total. The number of benzene rings is 2. The van der Waals surface area contributed by atoms with Gasteiger partial charge < -0.3 is 4.74 Å². The van der Waals surface area contributed by atoms with Crippen molar-refractivity contribution in [2.24, 2.45) is 0 Å². The lowest BCUT2D eigenvalue weighted by Crippen LogP contribution is -1.98. The van der Waals surface area contributed by atoms with Gasteiger partial charge in [-0.25, -0.2) is 13.8 Å². The quantitative estimate of drug-likeness (QED) is 0.709. The first-order valence-corrected chi connectivity index (χ1v) is 7.14. The molecule has 0 amide bonds. The summed E-state index contributed by atoms with van der Waals surface area (Å²) < 4.78 is 32.5. The largest absolute Gasteiger partial charge is 0.480 e. The Morgan fingerprint density at radius 2 is 1.71 bits per heavy atom. The molecule has 1 heterocycles. The molecule has 0 atom stereocenters. The van der Waals surface area contributed by atoms with E-state index in [2.05, 4.69) is 4.98 Å². The predicted octanol–water partition coefficient (Wildman–Crippen LogP) is 4.57. The van der Waals surface area contributed by atoms with Crippen LogP contribution in [0.2, 0.25) is 0 Å². The minimum Gasteiger partial charge on any atom is -0.480 e. The molecule has 1 aromatic heterocycles. The highest BCUT2D eigenvalue weighted by molar-refractivity contribution is 5.77. The van der Waals surface area contributed by atoms with Gasteiger partial charge >= 0.3 is 0 Å². The number of nitriles is 1. The van der Waals surface area contributed by atoms with E-state index in [1.807, 2.05) is 6.07 Å². The number of nitrogens with zero attached hydrogens (tertiary/aromatic N) is 2. The number of hydrogen-bond donors (Lipinski definition) is 0. The molecule has 3 rings (SSSR count). The van der Waals surface area contributed by atoms with Crippen LogP contribution < -0.4 is 4.74 Å². The molecule has 3 aromatic rings. The average molecular weight is 322 g/mol. The van der Waals surface area contributed by atoms with Crippen LogP contribution in [0.3, 0.4) is 0 Å². The normalized spacial score (nSPS) is 10.2. The smallest absolute Gasteiger partial charge is 0.232 e. The first-order valence-electron chi connectivity index (χ1n) is 7.14. The van der Waals surface area contributed by atoms with Crippen molar-refractivity contribution in [2.45, 2.75) is 0 Å². The van der Waals surface area contributed by atoms with Crippen LogP contribution in [0.25, 0.3) is 22.4 Å². The Labute approximate surface area is 137 Å². The number of methoxy groups -OCH3 is 1. The molecule has 2 aromatic carbocycles. The minimum absolute atomic E-state index is 0.0950. The summed E-state index contributed by atoms with van der Waals surface area (Å²) >= 11 is 0. The van der Waals surface area contributed by atoms with Crippen molar-refractivity contribution in [3.05, 3.63) is 71.8 Å². The maximum absolute atomic E-state index is 14.1. The first kappa shape index (κ1) is 15.6. The molecule has 0 spiro atoms. The van der Waals surface area contributed by atoms with Crippen LogP contribution in [0.4, 0.5) is 8.78 Å². The summed E-state index contributed by atoms with van der Waals surface area (Å²) in [6.07, 6.45) is 0. The molecule has 0 fully saturated rings. The van der Waals surface area contributed by atoms with E-state index in [0.29, 0.717) is 22.4 Å². The van der Waals surface area contributed by atoms with E-state index in [-0.39, 0.29) is 17.3 Å². The Hall–Kier alpha value is -3.26. The topological polar surface area (TPSA) is 45.9 Å². The lowest BCUT2D eigenvalue weighted by Gasteiger charge is -2.12. The van der Waals surface area contributed by atoms with Gasteiger partial charge in [-0.2, -0.15) is 5.26 Å². The fourth-order valence-corrected chi connectivity index (χ4v) is 2.44.